The van der Waals surface area contributed by atoms with E-state index in [4.69, 9.17) is 9.47 Å². The lowest BCUT2D eigenvalue weighted by molar-refractivity contribution is -0.120. The minimum atomic E-state index is -0.462. The van der Waals surface area contributed by atoms with Crippen LogP contribution in [0.3, 0.4) is 0 Å². The molecule has 1 aliphatic rings. The maximum absolute atomic E-state index is 13.7. The second-order valence-corrected chi connectivity index (χ2v) is 6.19. The van der Waals surface area contributed by atoms with Crippen LogP contribution < -0.4 is 15.0 Å². The molecule has 26 heavy (non-hydrogen) atoms. The van der Waals surface area contributed by atoms with Crippen molar-refractivity contribution in [2.45, 2.75) is 13.0 Å². The Kier molecular flexibility index (Phi) is 6.07. The van der Waals surface area contributed by atoms with Gasteiger partial charge < -0.3 is 19.7 Å². The maximum Gasteiger partial charge on any atom is 0.224 e. The van der Waals surface area contributed by atoms with Crippen molar-refractivity contribution in [3.8, 4) is 5.75 Å². The van der Waals surface area contributed by atoms with Crippen LogP contribution in [0.15, 0.2) is 42.5 Å². The van der Waals surface area contributed by atoms with Crippen LogP contribution in [0.5, 0.6) is 5.75 Å². The summed E-state index contributed by atoms with van der Waals surface area (Å²) in [5.74, 6) is -0.433. The second-order valence-electron chi connectivity index (χ2n) is 6.19. The highest BCUT2D eigenvalue weighted by atomic mass is 19.1. The smallest absolute Gasteiger partial charge is 0.224 e. The fraction of sp³-hybridized carbons (Fsp3) is 0.350. The topological polar surface area (TPSA) is 50.8 Å². The standard InChI is InChI=1S/C20H23FN2O3/c1-25-19-7-4-16(12-18(19)21)13-20(24)22-14-15-2-5-17(6-3-15)23-8-10-26-11-9-23/h2-7,12H,8-11,13-14H2,1H3,(H,22,24). The summed E-state index contributed by atoms with van der Waals surface area (Å²) < 4.78 is 23.9. The van der Waals surface area contributed by atoms with Gasteiger partial charge >= 0.3 is 0 Å². The van der Waals surface area contributed by atoms with E-state index in [2.05, 4.69) is 22.3 Å². The van der Waals surface area contributed by atoms with Crippen molar-refractivity contribution in [1.82, 2.24) is 5.32 Å². The fourth-order valence-corrected chi connectivity index (χ4v) is 2.91. The molecule has 2 aromatic rings. The molecule has 1 N–H and O–H groups in total. The van der Waals surface area contributed by atoms with E-state index in [0.717, 1.165) is 37.6 Å². The highest BCUT2D eigenvalue weighted by Gasteiger charge is 2.11. The number of hydrogen-bond donors (Lipinski definition) is 1. The van der Waals surface area contributed by atoms with E-state index in [1.165, 1.54) is 19.2 Å². The van der Waals surface area contributed by atoms with Crippen molar-refractivity contribution < 1.29 is 18.7 Å². The van der Waals surface area contributed by atoms with Gasteiger partial charge in [-0.1, -0.05) is 18.2 Å². The summed E-state index contributed by atoms with van der Waals surface area (Å²) >= 11 is 0. The van der Waals surface area contributed by atoms with Crippen LogP contribution in [-0.4, -0.2) is 39.3 Å². The zero-order chi connectivity index (χ0) is 18.4. The quantitative estimate of drug-likeness (QED) is 0.862. The predicted molar refractivity (Wildman–Crippen MR) is 98.0 cm³/mol. The molecule has 0 aromatic heterocycles. The molecule has 0 atom stereocenters. The average molecular weight is 358 g/mol. The number of methoxy groups -OCH3 is 1. The number of nitrogens with zero attached hydrogens (tertiary/aromatic N) is 1. The molecule has 0 spiro atoms. The van der Waals surface area contributed by atoms with Gasteiger partial charge in [0, 0.05) is 25.3 Å². The van der Waals surface area contributed by atoms with Gasteiger partial charge in [-0.2, -0.15) is 0 Å². The number of rotatable bonds is 6. The highest BCUT2D eigenvalue weighted by Crippen LogP contribution is 2.18. The van der Waals surface area contributed by atoms with Crippen LogP contribution in [-0.2, 0) is 22.5 Å². The van der Waals surface area contributed by atoms with Gasteiger partial charge in [-0.05, 0) is 35.4 Å². The van der Waals surface area contributed by atoms with Crippen molar-refractivity contribution in [3.63, 3.8) is 0 Å². The van der Waals surface area contributed by atoms with E-state index in [1.807, 2.05) is 12.1 Å². The van der Waals surface area contributed by atoms with Gasteiger partial charge in [0.2, 0.25) is 5.91 Å². The zero-order valence-electron chi connectivity index (χ0n) is 14.8. The van der Waals surface area contributed by atoms with Gasteiger partial charge in [0.15, 0.2) is 11.6 Å². The van der Waals surface area contributed by atoms with Gasteiger partial charge in [-0.15, -0.1) is 0 Å². The number of morpholine rings is 1. The third-order valence-electron chi connectivity index (χ3n) is 4.38. The Morgan fingerprint density at radius 2 is 1.85 bits per heavy atom. The molecule has 0 bridgehead atoms. The number of benzene rings is 2. The van der Waals surface area contributed by atoms with Crippen LogP contribution in [0, 0.1) is 5.82 Å². The number of carbonyl (C=O) groups excluding carboxylic acids is 1. The van der Waals surface area contributed by atoms with Crippen molar-refractivity contribution in [1.29, 1.82) is 0 Å². The zero-order valence-corrected chi connectivity index (χ0v) is 14.8. The normalized spacial score (nSPS) is 14.2. The molecule has 2 aromatic carbocycles. The average Bonchev–Trinajstić information content (AvgIpc) is 2.68. The van der Waals surface area contributed by atoms with Crippen molar-refractivity contribution in [2.75, 3.05) is 38.3 Å². The molecule has 0 radical (unpaired) electrons. The number of hydrogen-bond acceptors (Lipinski definition) is 4. The first-order valence-corrected chi connectivity index (χ1v) is 8.66. The third-order valence-corrected chi connectivity index (χ3v) is 4.38. The molecule has 1 heterocycles. The van der Waals surface area contributed by atoms with Crippen LogP contribution in [0.1, 0.15) is 11.1 Å². The first-order valence-electron chi connectivity index (χ1n) is 8.66. The molecular formula is C20H23FN2O3. The summed E-state index contributed by atoms with van der Waals surface area (Å²) in [7, 11) is 1.41. The minimum Gasteiger partial charge on any atom is -0.494 e. The Labute approximate surface area is 152 Å². The maximum atomic E-state index is 13.7. The molecule has 1 saturated heterocycles. The Bertz CT molecular complexity index is 743. The summed E-state index contributed by atoms with van der Waals surface area (Å²) in [6, 6.07) is 12.7. The Balaban J connectivity index is 1.50. The monoisotopic (exact) mass is 358 g/mol. The van der Waals surface area contributed by atoms with E-state index in [1.54, 1.807) is 6.07 Å². The molecule has 1 aliphatic heterocycles. The summed E-state index contributed by atoms with van der Waals surface area (Å²) in [6.45, 7) is 3.75. The molecule has 0 aliphatic carbocycles. The number of nitrogens with one attached hydrogen (secondary N) is 1. The van der Waals surface area contributed by atoms with Crippen molar-refractivity contribution in [2.24, 2.45) is 0 Å². The van der Waals surface area contributed by atoms with E-state index in [-0.39, 0.29) is 18.1 Å². The number of amides is 1. The SMILES string of the molecule is COc1ccc(CC(=O)NCc2ccc(N3CCOCC3)cc2)cc1F. The van der Waals surface area contributed by atoms with Crippen LogP contribution in [0.25, 0.3) is 0 Å². The number of carbonyl (C=O) groups is 1. The van der Waals surface area contributed by atoms with Gasteiger partial charge in [-0.25, -0.2) is 4.39 Å². The summed E-state index contributed by atoms with van der Waals surface area (Å²) in [4.78, 5) is 14.4. The first kappa shape index (κ1) is 18.2. The van der Waals surface area contributed by atoms with Crippen molar-refractivity contribution >= 4 is 11.6 Å². The van der Waals surface area contributed by atoms with E-state index in [0.29, 0.717) is 12.1 Å². The Morgan fingerprint density at radius 1 is 1.15 bits per heavy atom. The minimum absolute atomic E-state index is 0.132. The molecule has 3 rings (SSSR count). The Hall–Kier alpha value is -2.60. The predicted octanol–water partition coefficient (Wildman–Crippen LogP) is 2.53. The lowest BCUT2D eigenvalue weighted by Gasteiger charge is -2.28. The lowest BCUT2D eigenvalue weighted by atomic mass is 10.1. The highest BCUT2D eigenvalue weighted by molar-refractivity contribution is 5.78. The van der Waals surface area contributed by atoms with E-state index in [9.17, 15) is 9.18 Å². The van der Waals surface area contributed by atoms with E-state index < -0.39 is 5.82 Å². The van der Waals surface area contributed by atoms with E-state index >= 15 is 0 Å². The Morgan fingerprint density at radius 3 is 2.50 bits per heavy atom. The van der Waals surface area contributed by atoms with Crippen molar-refractivity contribution in [3.05, 3.63) is 59.4 Å². The molecule has 0 unspecified atom stereocenters. The fourth-order valence-electron chi connectivity index (χ4n) is 2.91. The summed E-state index contributed by atoms with van der Waals surface area (Å²) in [5.41, 5.74) is 2.80. The number of ether oxygens (including phenoxy) is 2. The summed E-state index contributed by atoms with van der Waals surface area (Å²) in [6.07, 6.45) is 0.132. The van der Waals surface area contributed by atoms with Gasteiger partial charge in [-0.3, -0.25) is 4.79 Å². The van der Waals surface area contributed by atoms with Gasteiger partial charge in [0.05, 0.1) is 26.7 Å². The van der Waals surface area contributed by atoms with Crippen LogP contribution in [0.4, 0.5) is 10.1 Å². The van der Waals surface area contributed by atoms with Gasteiger partial charge in [0.25, 0.3) is 0 Å². The lowest BCUT2D eigenvalue weighted by Crippen LogP contribution is -2.36. The molecule has 1 fully saturated rings. The number of halogens is 1. The molecule has 138 valence electrons. The largest absolute Gasteiger partial charge is 0.494 e. The third kappa shape index (κ3) is 4.73. The molecule has 6 heteroatoms. The second kappa shape index (κ2) is 8.67. The number of anilines is 1. The van der Waals surface area contributed by atoms with Crippen LogP contribution in [0.2, 0.25) is 0 Å². The molecule has 1 amide bonds. The van der Waals surface area contributed by atoms with Crippen LogP contribution >= 0.6 is 0 Å². The molecule has 0 saturated carbocycles. The van der Waals surface area contributed by atoms with Gasteiger partial charge in [0.1, 0.15) is 0 Å². The molecular weight excluding hydrogens is 335 g/mol. The first-order chi connectivity index (χ1) is 12.7. The summed E-state index contributed by atoms with van der Waals surface area (Å²) in [5, 5.41) is 2.87. The molecule has 5 nitrogen and oxygen atoms in total.